The maximum Gasteiger partial charge on any atom is 0.279 e. The molecule has 150 valence electrons. The summed E-state index contributed by atoms with van der Waals surface area (Å²) in [6, 6.07) is 12.7. The third-order valence-electron chi connectivity index (χ3n) is 5.12. The summed E-state index contributed by atoms with van der Waals surface area (Å²) >= 11 is 0. The minimum atomic E-state index is -1.15. The van der Waals surface area contributed by atoms with Crippen LogP contribution in [0.5, 0.6) is 0 Å². The van der Waals surface area contributed by atoms with E-state index in [4.69, 9.17) is 0 Å². The number of halogens is 1. The van der Waals surface area contributed by atoms with E-state index in [0.717, 1.165) is 28.7 Å². The van der Waals surface area contributed by atoms with Gasteiger partial charge in [-0.05, 0) is 24.1 Å². The molecule has 0 aromatic heterocycles. The van der Waals surface area contributed by atoms with E-state index in [2.05, 4.69) is 5.32 Å². The van der Waals surface area contributed by atoms with Crippen molar-refractivity contribution < 1.29 is 18.9 Å². The Kier molecular flexibility index (Phi) is 5.45. The summed E-state index contributed by atoms with van der Waals surface area (Å²) in [5.74, 6) is -1.81. The quantitative estimate of drug-likeness (QED) is 0.477. The molecule has 2 amide bonds. The van der Waals surface area contributed by atoms with Crippen LogP contribution in [-0.2, 0) is 16.0 Å². The molecule has 1 aliphatic rings. The molecule has 1 unspecified atom stereocenters. The smallest absolute Gasteiger partial charge is 0.279 e. The summed E-state index contributed by atoms with van der Waals surface area (Å²) in [6.45, 7) is 1.80. The van der Waals surface area contributed by atoms with E-state index in [0.29, 0.717) is 12.8 Å². The van der Waals surface area contributed by atoms with Crippen molar-refractivity contribution in [2.24, 2.45) is 0 Å². The molecule has 1 saturated heterocycles. The lowest BCUT2D eigenvalue weighted by atomic mass is 9.84. The number of hydrogen-bond donors (Lipinski definition) is 1. The molecule has 0 aliphatic carbocycles. The predicted octanol–water partition coefficient (Wildman–Crippen LogP) is 3.05. The van der Waals surface area contributed by atoms with Crippen LogP contribution in [0.4, 0.5) is 10.1 Å². The van der Waals surface area contributed by atoms with Gasteiger partial charge in [-0.15, -0.1) is 0 Å². The number of amides is 2. The van der Waals surface area contributed by atoms with Crippen molar-refractivity contribution in [1.82, 2.24) is 10.2 Å². The molecule has 0 bridgehead atoms. The van der Waals surface area contributed by atoms with Crippen LogP contribution in [0.3, 0.4) is 0 Å². The van der Waals surface area contributed by atoms with Crippen molar-refractivity contribution in [2.75, 3.05) is 7.05 Å². The maximum atomic E-state index is 14.2. The largest absolute Gasteiger partial charge is 0.336 e. The van der Waals surface area contributed by atoms with Gasteiger partial charge in [0, 0.05) is 19.5 Å². The first-order valence-corrected chi connectivity index (χ1v) is 9.08. The molecule has 1 fully saturated rings. The second-order valence-electron chi connectivity index (χ2n) is 6.88. The van der Waals surface area contributed by atoms with E-state index in [1.807, 2.05) is 30.3 Å². The molecule has 1 atom stereocenters. The molecule has 0 radical (unpaired) electrons. The van der Waals surface area contributed by atoms with Gasteiger partial charge < -0.3 is 10.2 Å². The monoisotopic (exact) mass is 397 g/mol. The molecule has 3 rings (SSSR count). The Bertz CT molecular complexity index is 1010. The molecule has 0 saturated carbocycles. The molecular weight excluding hydrogens is 377 g/mol. The van der Waals surface area contributed by atoms with Gasteiger partial charge in [0.1, 0.15) is 17.1 Å². The van der Waals surface area contributed by atoms with Gasteiger partial charge in [-0.1, -0.05) is 43.3 Å². The Balaban J connectivity index is 2.01. The van der Waals surface area contributed by atoms with Crippen LogP contribution >= 0.6 is 0 Å². The second-order valence-corrected chi connectivity index (χ2v) is 6.88. The highest BCUT2D eigenvalue weighted by molar-refractivity contribution is 6.09. The fourth-order valence-electron chi connectivity index (χ4n) is 3.47. The van der Waals surface area contributed by atoms with Crippen molar-refractivity contribution in [1.29, 1.82) is 0 Å². The number of piperazine rings is 1. The number of carbonyl (C=O) groups excluding carboxylic acids is 2. The predicted molar refractivity (Wildman–Crippen MR) is 105 cm³/mol. The minimum absolute atomic E-state index is 0.152. The lowest BCUT2D eigenvalue weighted by molar-refractivity contribution is -0.385. The van der Waals surface area contributed by atoms with Crippen LogP contribution in [0.25, 0.3) is 6.08 Å². The SMILES string of the molecule is CCC1(Cc2ccccc2)NC(=O)C(=Cc2c(F)cccc2[N+](=O)[O-])N(C)C1=O. The van der Waals surface area contributed by atoms with E-state index >= 15 is 0 Å². The lowest BCUT2D eigenvalue weighted by Crippen LogP contribution is -2.65. The molecule has 1 heterocycles. The van der Waals surface area contributed by atoms with Crippen LogP contribution in [0, 0.1) is 15.9 Å². The van der Waals surface area contributed by atoms with Crippen molar-refractivity contribution in [3.63, 3.8) is 0 Å². The topological polar surface area (TPSA) is 92.5 Å². The van der Waals surface area contributed by atoms with Crippen LogP contribution in [0.2, 0.25) is 0 Å². The lowest BCUT2D eigenvalue weighted by Gasteiger charge is -2.41. The highest BCUT2D eigenvalue weighted by atomic mass is 19.1. The van der Waals surface area contributed by atoms with E-state index in [1.165, 1.54) is 13.1 Å². The molecule has 0 spiro atoms. The fourth-order valence-corrected chi connectivity index (χ4v) is 3.47. The van der Waals surface area contributed by atoms with Crippen molar-refractivity contribution in [3.8, 4) is 0 Å². The highest BCUT2D eigenvalue weighted by Gasteiger charge is 2.46. The summed E-state index contributed by atoms with van der Waals surface area (Å²) in [5, 5.41) is 14.0. The van der Waals surface area contributed by atoms with Crippen LogP contribution in [0.1, 0.15) is 24.5 Å². The molecule has 1 aliphatic heterocycles. The normalized spacial score (nSPS) is 20.7. The van der Waals surface area contributed by atoms with E-state index in [9.17, 15) is 24.1 Å². The van der Waals surface area contributed by atoms with Gasteiger partial charge in [-0.3, -0.25) is 19.7 Å². The Hall–Kier alpha value is -3.55. The number of nitro groups is 1. The summed E-state index contributed by atoms with van der Waals surface area (Å²) in [5.41, 5.74) is -1.25. The van der Waals surface area contributed by atoms with Gasteiger partial charge >= 0.3 is 0 Å². The fraction of sp³-hybridized carbons (Fsp3) is 0.238. The number of likely N-dealkylation sites (N-methyl/N-ethyl adjacent to an activating group) is 1. The summed E-state index contributed by atoms with van der Waals surface area (Å²) in [7, 11) is 1.41. The molecule has 2 aromatic rings. The van der Waals surface area contributed by atoms with E-state index in [-0.39, 0.29) is 17.2 Å². The second kappa shape index (κ2) is 7.83. The van der Waals surface area contributed by atoms with Gasteiger partial charge in [0.2, 0.25) is 0 Å². The number of carbonyl (C=O) groups is 2. The Morgan fingerprint density at radius 2 is 1.86 bits per heavy atom. The summed E-state index contributed by atoms with van der Waals surface area (Å²) in [4.78, 5) is 37.7. The van der Waals surface area contributed by atoms with Crippen molar-refractivity contribution in [2.45, 2.75) is 25.3 Å². The van der Waals surface area contributed by atoms with Gasteiger partial charge in [-0.2, -0.15) is 0 Å². The minimum Gasteiger partial charge on any atom is -0.336 e. The standard InChI is InChI=1S/C21H20FN3O4/c1-3-21(13-14-8-5-4-6-9-14)20(27)24(2)18(19(26)23-21)12-15-16(22)10-7-11-17(15)25(28)29/h4-12H,3,13H2,1-2H3,(H,23,26). The Morgan fingerprint density at radius 3 is 2.48 bits per heavy atom. The van der Waals surface area contributed by atoms with E-state index < -0.39 is 27.9 Å². The Morgan fingerprint density at radius 1 is 1.17 bits per heavy atom. The number of nitro benzene ring substituents is 1. The third-order valence-corrected chi connectivity index (χ3v) is 5.12. The molecule has 2 aromatic carbocycles. The maximum absolute atomic E-state index is 14.2. The molecular formula is C21H20FN3O4. The zero-order valence-electron chi connectivity index (χ0n) is 16.0. The van der Waals surface area contributed by atoms with Gasteiger partial charge in [0.25, 0.3) is 17.5 Å². The zero-order chi connectivity index (χ0) is 21.2. The van der Waals surface area contributed by atoms with Gasteiger partial charge in [-0.25, -0.2) is 4.39 Å². The van der Waals surface area contributed by atoms with Crippen LogP contribution < -0.4 is 5.32 Å². The zero-order valence-corrected chi connectivity index (χ0v) is 16.0. The average molecular weight is 397 g/mol. The van der Waals surface area contributed by atoms with Crippen molar-refractivity contribution in [3.05, 3.63) is 81.3 Å². The van der Waals surface area contributed by atoms with E-state index in [1.54, 1.807) is 6.92 Å². The van der Waals surface area contributed by atoms with Crippen LogP contribution in [0.15, 0.2) is 54.2 Å². The third kappa shape index (κ3) is 3.73. The van der Waals surface area contributed by atoms with Crippen molar-refractivity contribution >= 4 is 23.6 Å². The number of nitrogens with one attached hydrogen (secondary N) is 1. The molecule has 8 heteroatoms. The number of rotatable bonds is 5. The first kappa shape index (κ1) is 20.2. The summed E-state index contributed by atoms with van der Waals surface area (Å²) < 4.78 is 14.2. The number of nitrogens with zero attached hydrogens (tertiary/aromatic N) is 2. The Labute approximate surface area is 167 Å². The number of hydrogen-bond acceptors (Lipinski definition) is 4. The molecule has 1 N–H and O–H groups in total. The highest BCUT2D eigenvalue weighted by Crippen LogP contribution is 2.30. The first-order valence-electron chi connectivity index (χ1n) is 9.08. The number of benzene rings is 2. The summed E-state index contributed by atoms with van der Waals surface area (Å²) in [6.07, 6.45) is 1.69. The molecule has 7 nitrogen and oxygen atoms in total. The van der Waals surface area contributed by atoms with Gasteiger partial charge in [0.15, 0.2) is 0 Å². The average Bonchev–Trinajstić information content (AvgIpc) is 2.70. The van der Waals surface area contributed by atoms with Gasteiger partial charge in [0.05, 0.1) is 10.5 Å². The molecule has 29 heavy (non-hydrogen) atoms. The first-order chi connectivity index (χ1) is 13.8. The van der Waals surface area contributed by atoms with Crippen LogP contribution in [-0.4, -0.2) is 34.2 Å².